The molecule has 1 N–H and O–H groups in total. The normalized spacial score (nSPS) is 12.1. The Kier molecular flexibility index (Phi) is 9.41. The summed E-state index contributed by atoms with van der Waals surface area (Å²) in [6.45, 7) is 9.65. The van der Waals surface area contributed by atoms with Crippen molar-refractivity contribution in [2.24, 2.45) is 5.16 Å². The molecule has 9 heteroatoms. The second kappa shape index (κ2) is 12.4. The van der Waals surface area contributed by atoms with Crippen molar-refractivity contribution in [1.29, 1.82) is 0 Å². The maximum atomic E-state index is 13.3. The molecule has 1 aromatic heterocycles. The highest BCUT2D eigenvalue weighted by Crippen LogP contribution is 2.31. The molecule has 0 aliphatic carbocycles. The van der Waals surface area contributed by atoms with Crippen molar-refractivity contribution in [3.8, 4) is 11.8 Å². The highest BCUT2D eigenvalue weighted by molar-refractivity contribution is 6.34. The summed E-state index contributed by atoms with van der Waals surface area (Å²) in [6.07, 6.45) is -3.47. The van der Waals surface area contributed by atoms with E-state index in [1.54, 1.807) is 19.9 Å². The highest BCUT2D eigenvalue weighted by Gasteiger charge is 2.34. The van der Waals surface area contributed by atoms with Gasteiger partial charge in [-0.15, -0.1) is 0 Å². The second-order valence-corrected chi connectivity index (χ2v) is 10.5. The van der Waals surface area contributed by atoms with Crippen molar-refractivity contribution in [1.82, 2.24) is 10.3 Å². The zero-order chi connectivity index (χ0) is 28.8. The minimum atomic E-state index is -4.68. The van der Waals surface area contributed by atoms with Gasteiger partial charge in [0, 0.05) is 17.3 Å². The number of oxime groups is 1. The summed E-state index contributed by atoms with van der Waals surface area (Å²) in [5.74, 6) is 5.18. The second-order valence-electron chi connectivity index (χ2n) is 10.0. The molecule has 1 heterocycles. The number of carbonyl (C=O) groups is 1. The number of benzene rings is 2. The average molecular weight is 556 g/mol. The van der Waals surface area contributed by atoms with Crippen molar-refractivity contribution < 1.29 is 22.8 Å². The molecule has 204 valence electrons. The molecule has 2 aromatic carbocycles. The van der Waals surface area contributed by atoms with E-state index >= 15 is 0 Å². The Balaban J connectivity index is 1.82. The standard InChI is InChI=1S/C30H29ClF3N3O2/c1-19(2)39-37-26(18-36-28(38)23-8-6-7-9-24(23)30(32,33)34)27-25(31)16-21(17-35-27)11-10-20-12-14-22(15-13-20)29(3,4)5/h6-9,12-17,19H,18H2,1-5H3,(H,36,38). The number of alkyl halides is 3. The fourth-order valence-corrected chi connectivity index (χ4v) is 3.71. The molecule has 3 rings (SSSR count). The first kappa shape index (κ1) is 29.7. The van der Waals surface area contributed by atoms with Gasteiger partial charge in [-0.1, -0.05) is 73.6 Å². The Labute approximate surface area is 231 Å². The number of hydrogen-bond donors (Lipinski definition) is 1. The topological polar surface area (TPSA) is 63.6 Å². The van der Waals surface area contributed by atoms with Gasteiger partial charge in [-0.05, 0) is 55.2 Å². The van der Waals surface area contributed by atoms with Gasteiger partial charge >= 0.3 is 6.18 Å². The maximum absolute atomic E-state index is 13.3. The summed E-state index contributed by atoms with van der Waals surface area (Å²) < 4.78 is 40.0. The molecule has 3 aromatic rings. The third-order valence-corrected chi connectivity index (χ3v) is 5.77. The van der Waals surface area contributed by atoms with Crippen LogP contribution < -0.4 is 5.32 Å². The van der Waals surface area contributed by atoms with Gasteiger partial charge in [0.25, 0.3) is 5.91 Å². The first-order valence-electron chi connectivity index (χ1n) is 12.2. The van der Waals surface area contributed by atoms with Crippen LogP contribution in [0.3, 0.4) is 0 Å². The lowest BCUT2D eigenvalue weighted by Crippen LogP contribution is -2.32. The summed E-state index contributed by atoms with van der Waals surface area (Å²) >= 11 is 6.48. The fraction of sp³-hybridized carbons (Fsp3) is 0.300. The third-order valence-electron chi connectivity index (χ3n) is 5.48. The van der Waals surface area contributed by atoms with Crippen LogP contribution >= 0.6 is 11.6 Å². The molecule has 0 aliphatic rings. The van der Waals surface area contributed by atoms with E-state index in [0.29, 0.717) is 5.56 Å². The minimum Gasteiger partial charge on any atom is -0.393 e. The number of pyridine rings is 1. The first-order chi connectivity index (χ1) is 18.3. The third kappa shape index (κ3) is 8.33. The van der Waals surface area contributed by atoms with Crippen molar-refractivity contribution in [3.63, 3.8) is 0 Å². The van der Waals surface area contributed by atoms with E-state index in [4.69, 9.17) is 16.4 Å². The van der Waals surface area contributed by atoms with E-state index in [-0.39, 0.29) is 34.5 Å². The number of carbonyl (C=O) groups excluding carboxylic acids is 1. The average Bonchev–Trinajstić information content (AvgIpc) is 2.87. The fourth-order valence-electron chi connectivity index (χ4n) is 3.43. The molecule has 0 saturated heterocycles. The Hall–Kier alpha value is -3.83. The number of nitrogens with zero attached hydrogens (tertiary/aromatic N) is 2. The van der Waals surface area contributed by atoms with Crippen LogP contribution in [0.15, 0.2) is 65.9 Å². The SMILES string of the molecule is CC(C)ON=C(CNC(=O)c1ccccc1C(F)(F)F)c1ncc(C#Cc2ccc(C(C)(C)C)cc2)cc1Cl. The van der Waals surface area contributed by atoms with Gasteiger partial charge in [-0.25, -0.2) is 0 Å². The molecular weight excluding hydrogens is 527 g/mol. The van der Waals surface area contributed by atoms with Gasteiger partial charge < -0.3 is 10.2 Å². The van der Waals surface area contributed by atoms with E-state index < -0.39 is 23.2 Å². The smallest absolute Gasteiger partial charge is 0.393 e. The van der Waals surface area contributed by atoms with Crippen molar-refractivity contribution in [2.45, 2.75) is 52.3 Å². The summed E-state index contributed by atoms with van der Waals surface area (Å²) in [7, 11) is 0. The molecule has 0 spiro atoms. The monoisotopic (exact) mass is 555 g/mol. The number of amides is 1. The van der Waals surface area contributed by atoms with E-state index in [1.807, 2.05) is 24.3 Å². The summed E-state index contributed by atoms with van der Waals surface area (Å²) in [5, 5.41) is 6.70. The summed E-state index contributed by atoms with van der Waals surface area (Å²) in [5.41, 5.74) is 1.44. The van der Waals surface area contributed by atoms with Crippen LogP contribution in [0.5, 0.6) is 0 Å². The van der Waals surface area contributed by atoms with Crippen LogP contribution in [-0.4, -0.2) is 29.3 Å². The van der Waals surface area contributed by atoms with Gasteiger partial charge in [0.1, 0.15) is 17.5 Å². The van der Waals surface area contributed by atoms with Crippen molar-refractivity contribution in [3.05, 3.63) is 99.3 Å². The van der Waals surface area contributed by atoms with E-state index in [2.05, 4.69) is 48.1 Å². The Morgan fingerprint density at radius 2 is 1.69 bits per heavy atom. The summed E-state index contributed by atoms with van der Waals surface area (Å²) in [6, 6.07) is 14.1. The molecular formula is C30H29ClF3N3O2. The van der Waals surface area contributed by atoms with Crippen LogP contribution in [0.25, 0.3) is 0 Å². The lowest BCUT2D eigenvalue weighted by molar-refractivity contribution is -0.137. The predicted molar refractivity (Wildman–Crippen MR) is 147 cm³/mol. The highest BCUT2D eigenvalue weighted by atomic mass is 35.5. The maximum Gasteiger partial charge on any atom is 0.417 e. The largest absolute Gasteiger partial charge is 0.417 e. The molecule has 5 nitrogen and oxygen atoms in total. The molecule has 0 unspecified atom stereocenters. The van der Waals surface area contributed by atoms with Crippen LogP contribution in [-0.2, 0) is 16.4 Å². The van der Waals surface area contributed by atoms with Crippen LogP contribution in [0.2, 0.25) is 5.02 Å². The van der Waals surface area contributed by atoms with Gasteiger partial charge in [0.2, 0.25) is 0 Å². The Bertz CT molecular complexity index is 1410. The molecule has 0 radical (unpaired) electrons. The lowest BCUT2D eigenvalue weighted by atomic mass is 9.87. The molecule has 0 atom stereocenters. The number of aromatic nitrogens is 1. The molecule has 0 aliphatic heterocycles. The zero-order valence-electron chi connectivity index (χ0n) is 22.3. The molecule has 0 fully saturated rings. The molecule has 1 amide bonds. The molecule has 39 heavy (non-hydrogen) atoms. The molecule has 0 saturated carbocycles. The van der Waals surface area contributed by atoms with E-state index in [1.165, 1.54) is 23.9 Å². The van der Waals surface area contributed by atoms with Crippen molar-refractivity contribution >= 4 is 23.2 Å². The Morgan fingerprint density at radius 3 is 2.28 bits per heavy atom. The van der Waals surface area contributed by atoms with Crippen LogP contribution in [0.4, 0.5) is 13.2 Å². The van der Waals surface area contributed by atoms with Gasteiger partial charge in [0.05, 0.1) is 22.7 Å². The van der Waals surface area contributed by atoms with Crippen LogP contribution in [0, 0.1) is 11.8 Å². The Morgan fingerprint density at radius 1 is 1.05 bits per heavy atom. The van der Waals surface area contributed by atoms with E-state index in [0.717, 1.165) is 17.7 Å². The van der Waals surface area contributed by atoms with E-state index in [9.17, 15) is 18.0 Å². The number of nitrogens with one attached hydrogen (secondary N) is 1. The zero-order valence-corrected chi connectivity index (χ0v) is 23.0. The quantitative estimate of drug-likeness (QED) is 0.202. The predicted octanol–water partition coefficient (Wildman–Crippen LogP) is 7.01. The molecule has 0 bridgehead atoms. The first-order valence-corrected chi connectivity index (χ1v) is 12.6. The van der Waals surface area contributed by atoms with Crippen LogP contribution in [0.1, 0.15) is 72.9 Å². The van der Waals surface area contributed by atoms with Crippen molar-refractivity contribution in [2.75, 3.05) is 6.54 Å². The number of hydrogen-bond acceptors (Lipinski definition) is 4. The number of halogens is 4. The lowest BCUT2D eigenvalue weighted by Gasteiger charge is -2.18. The van der Waals surface area contributed by atoms with Gasteiger partial charge in [-0.3, -0.25) is 9.78 Å². The number of rotatable bonds is 6. The minimum absolute atomic E-state index is 0.0406. The van der Waals surface area contributed by atoms with Gasteiger partial charge in [-0.2, -0.15) is 13.2 Å². The summed E-state index contributed by atoms with van der Waals surface area (Å²) in [4.78, 5) is 22.3. The van der Waals surface area contributed by atoms with Gasteiger partial charge in [0.15, 0.2) is 0 Å².